The SMILES string of the molecule is CC(=Cc1ccccc1)C1C(=O)N(c2cccc(C)c2C)CC(=O)N1c1ccccc1F. The first kappa shape index (κ1) is 21.5. The van der Waals surface area contributed by atoms with Crippen LogP contribution in [0.5, 0.6) is 0 Å². The van der Waals surface area contributed by atoms with E-state index >= 15 is 0 Å². The molecule has 4 rings (SSSR count). The van der Waals surface area contributed by atoms with Gasteiger partial charge in [0.05, 0.1) is 5.69 Å². The summed E-state index contributed by atoms with van der Waals surface area (Å²) in [6.07, 6.45) is 1.87. The number of aryl methyl sites for hydroxylation is 1. The molecule has 1 fully saturated rings. The van der Waals surface area contributed by atoms with Gasteiger partial charge < -0.3 is 4.90 Å². The lowest BCUT2D eigenvalue weighted by Crippen LogP contribution is -2.61. The van der Waals surface area contributed by atoms with Crippen molar-refractivity contribution in [3.63, 3.8) is 0 Å². The average Bonchev–Trinajstić information content (AvgIpc) is 2.78. The van der Waals surface area contributed by atoms with E-state index in [9.17, 15) is 14.0 Å². The second-order valence-corrected chi connectivity index (χ2v) is 8.06. The minimum atomic E-state index is -0.951. The summed E-state index contributed by atoms with van der Waals surface area (Å²) in [5.74, 6) is -1.13. The van der Waals surface area contributed by atoms with Gasteiger partial charge in [0, 0.05) is 5.69 Å². The highest BCUT2D eigenvalue weighted by atomic mass is 19.1. The Bertz CT molecular complexity index is 1200. The van der Waals surface area contributed by atoms with Crippen molar-refractivity contribution in [3.8, 4) is 0 Å². The Kier molecular flexibility index (Phi) is 5.91. The van der Waals surface area contributed by atoms with Gasteiger partial charge in [0.25, 0.3) is 5.91 Å². The standard InChI is InChI=1S/C27H25FN2O2/c1-18-10-9-15-23(20(18)3)29-17-25(31)30(24-14-8-7-13-22(24)28)26(27(29)32)19(2)16-21-11-5-4-6-12-21/h4-16,26H,17H2,1-3H3. The number of halogens is 1. The van der Waals surface area contributed by atoms with Crippen molar-refractivity contribution in [2.75, 3.05) is 16.3 Å². The van der Waals surface area contributed by atoms with Crippen molar-refractivity contribution in [1.82, 2.24) is 0 Å². The van der Waals surface area contributed by atoms with Gasteiger partial charge in [0.1, 0.15) is 18.4 Å². The summed E-state index contributed by atoms with van der Waals surface area (Å²) in [5.41, 5.74) is 4.35. The zero-order chi connectivity index (χ0) is 22.8. The molecule has 0 spiro atoms. The van der Waals surface area contributed by atoms with Crippen LogP contribution in [0.25, 0.3) is 6.08 Å². The smallest absolute Gasteiger partial charge is 0.254 e. The number of hydrogen-bond acceptors (Lipinski definition) is 2. The van der Waals surface area contributed by atoms with Crippen LogP contribution in [-0.4, -0.2) is 24.4 Å². The van der Waals surface area contributed by atoms with Gasteiger partial charge in [0.2, 0.25) is 5.91 Å². The minimum Gasteiger partial charge on any atom is -0.301 e. The summed E-state index contributed by atoms with van der Waals surface area (Å²) in [6.45, 7) is 5.57. The maximum Gasteiger partial charge on any atom is 0.254 e. The van der Waals surface area contributed by atoms with Gasteiger partial charge in [-0.3, -0.25) is 14.5 Å². The normalized spacial score (nSPS) is 17.1. The van der Waals surface area contributed by atoms with Crippen molar-refractivity contribution < 1.29 is 14.0 Å². The second-order valence-electron chi connectivity index (χ2n) is 8.06. The average molecular weight is 429 g/mol. The number of anilines is 2. The van der Waals surface area contributed by atoms with E-state index in [0.717, 1.165) is 16.7 Å². The molecule has 0 radical (unpaired) electrons. The zero-order valence-corrected chi connectivity index (χ0v) is 18.4. The molecule has 0 aliphatic carbocycles. The monoisotopic (exact) mass is 428 g/mol. The van der Waals surface area contributed by atoms with Gasteiger partial charge >= 0.3 is 0 Å². The van der Waals surface area contributed by atoms with Crippen molar-refractivity contribution in [1.29, 1.82) is 0 Å². The quantitative estimate of drug-likeness (QED) is 0.566. The third-order valence-electron chi connectivity index (χ3n) is 5.92. The van der Waals surface area contributed by atoms with E-state index < -0.39 is 11.9 Å². The predicted octanol–water partition coefficient (Wildman–Crippen LogP) is 5.29. The van der Waals surface area contributed by atoms with Crippen LogP contribution >= 0.6 is 0 Å². The number of hydrogen-bond donors (Lipinski definition) is 0. The molecule has 3 aromatic rings. The lowest BCUT2D eigenvalue weighted by molar-refractivity contribution is -0.127. The highest BCUT2D eigenvalue weighted by Gasteiger charge is 2.43. The molecule has 2 amide bonds. The zero-order valence-electron chi connectivity index (χ0n) is 18.4. The van der Waals surface area contributed by atoms with Crippen LogP contribution < -0.4 is 9.80 Å². The van der Waals surface area contributed by atoms with Crippen LogP contribution in [-0.2, 0) is 9.59 Å². The molecule has 0 bridgehead atoms. The van der Waals surface area contributed by atoms with E-state index in [1.165, 1.54) is 21.9 Å². The molecule has 3 aromatic carbocycles. The van der Waals surface area contributed by atoms with Crippen molar-refractivity contribution in [2.45, 2.75) is 26.8 Å². The third-order valence-corrected chi connectivity index (χ3v) is 5.92. The van der Waals surface area contributed by atoms with Gasteiger partial charge in [-0.2, -0.15) is 0 Å². The Morgan fingerprint density at radius 2 is 1.56 bits per heavy atom. The molecule has 32 heavy (non-hydrogen) atoms. The van der Waals surface area contributed by atoms with Crippen LogP contribution in [0.3, 0.4) is 0 Å². The number of carbonyl (C=O) groups excluding carboxylic acids is 2. The van der Waals surface area contributed by atoms with E-state index in [1.807, 2.05) is 75.4 Å². The van der Waals surface area contributed by atoms with Crippen LogP contribution in [0.4, 0.5) is 15.8 Å². The third kappa shape index (κ3) is 3.94. The highest BCUT2D eigenvalue weighted by Crippen LogP contribution is 2.33. The number of rotatable bonds is 4. The Morgan fingerprint density at radius 1 is 0.906 bits per heavy atom. The van der Waals surface area contributed by atoms with Crippen LogP contribution in [0.1, 0.15) is 23.6 Å². The summed E-state index contributed by atoms with van der Waals surface area (Å²) in [5, 5.41) is 0. The van der Waals surface area contributed by atoms with Gasteiger partial charge in [0.15, 0.2) is 0 Å². The summed E-state index contributed by atoms with van der Waals surface area (Å²) in [7, 11) is 0. The fraction of sp³-hybridized carbons (Fsp3) is 0.185. The van der Waals surface area contributed by atoms with E-state index in [4.69, 9.17) is 0 Å². The fourth-order valence-corrected chi connectivity index (χ4v) is 4.13. The maximum atomic E-state index is 14.7. The van der Waals surface area contributed by atoms with Gasteiger partial charge in [-0.05, 0) is 61.2 Å². The number of carbonyl (C=O) groups is 2. The summed E-state index contributed by atoms with van der Waals surface area (Å²) < 4.78 is 14.7. The Morgan fingerprint density at radius 3 is 2.28 bits per heavy atom. The number of amides is 2. The Hall–Kier alpha value is -3.73. The molecule has 5 heteroatoms. The van der Waals surface area contributed by atoms with Crippen LogP contribution in [0.15, 0.2) is 78.4 Å². The maximum absolute atomic E-state index is 14.7. The lowest BCUT2D eigenvalue weighted by atomic mass is 9.97. The fourth-order valence-electron chi connectivity index (χ4n) is 4.13. The number of para-hydroxylation sites is 1. The molecular weight excluding hydrogens is 403 g/mol. The van der Waals surface area contributed by atoms with Gasteiger partial charge in [-0.25, -0.2) is 4.39 Å². The molecule has 1 aliphatic rings. The van der Waals surface area contributed by atoms with Crippen LogP contribution in [0, 0.1) is 19.7 Å². The molecule has 0 saturated carbocycles. The molecule has 1 heterocycles. The van der Waals surface area contributed by atoms with E-state index in [-0.39, 0.29) is 24.0 Å². The number of nitrogens with zero attached hydrogens (tertiary/aromatic N) is 2. The predicted molar refractivity (Wildman–Crippen MR) is 126 cm³/mol. The van der Waals surface area contributed by atoms with Gasteiger partial charge in [-0.1, -0.05) is 60.7 Å². The number of piperazine rings is 1. The number of benzene rings is 3. The molecule has 4 nitrogen and oxygen atoms in total. The topological polar surface area (TPSA) is 40.6 Å². The highest BCUT2D eigenvalue weighted by molar-refractivity contribution is 6.16. The van der Waals surface area contributed by atoms with Crippen molar-refractivity contribution in [3.05, 3.63) is 101 Å². The lowest BCUT2D eigenvalue weighted by Gasteiger charge is -2.41. The molecular formula is C27H25FN2O2. The van der Waals surface area contributed by atoms with E-state index in [1.54, 1.807) is 12.1 Å². The first-order chi connectivity index (χ1) is 15.4. The molecule has 0 N–H and O–H groups in total. The Labute approximate surface area is 187 Å². The molecule has 1 atom stereocenters. The summed E-state index contributed by atoms with van der Waals surface area (Å²) in [6, 6.07) is 20.4. The van der Waals surface area contributed by atoms with Crippen molar-refractivity contribution in [2.24, 2.45) is 0 Å². The molecule has 0 aromatic heterocycles. The largest absolute Gasteiger partial charge is 0.301 e. The first-order valence-corrected chi connectivity index (χ1v) is 10.6. The van der Waals surface area contributed by atoms with Crippen LogP contribution in [0.2, 0.25) is 0 Å². The van der Waals surface area contributed by atoms with E-state index in [0.29, 0.717) is 11.3 Å². The second kappa shape index (κ2) is 8.79. The van der Waals surface area contributed by atoms with Gasteiger partial charge in [-0.15, -0.1) is 0 Å². The summed E-state index contributed by atoms with van der Waals surface area (Å²) in [4.78, 5) is 30.0. The summed E-state index contributed by atoms with van der Waals surface area (Å²) >= 11 is 0. The van der Waals surface area contributed by atoms with E-state index in [2.05, 4.69) is 0 Å². The molecule has 1 unspecified atom stereocenters. The molecule has 1 aliphatic heterocycles. The minimum absolute atomic E-state index is 0.109. The molecule has 162 valence electrons. The van der Waals surface area contributed by atoms with Crippen molar-refractivity contribution >= 4 is 29.3 Å². The molecule has 1 saturated heterocycles. The Balaban J connectivity index is 1.84. The first-order valence-electron chi connectivity index (χ1n) is 10.6.